The Morgan fingerprint density at radius 2 is 1.78 bits per heavy atom. The number of ether oxygens (including phenoxy) is 1. The molecule has 0 amide bonds. The molecule has 0 aromatic heterocycles. The highest BCUT2D eigenvalue weighted by atomic mass is 35.5. The van der Waals surface area contributed by atoms with Crippen molar-refractivity contribution in [2.45, 2.75) is 19.0 Å². The van der Waals surface area contributed by atoms with Crippen molar-refractivity contribution in [3.05, 3.63) is 71.5 Å². The summed E-state index contributed by atoms with van der Waals surface area (Å²) in [5.41, 5.74) is 1.90. The highest BCUT2D eigenvalue weighted by molar-refractivity contribution is 5.85. The molecule has 0 saturated carbocycles. The third-order valence-corrected chi connectivity index (χ3v) is 4.11. The van der Waals surface area contributed by atoms with Crippen molar-refractivity contribution in [2.24, 2.45) is 0 Å². The van der Waals surface area contributed by atoms with Gasteiger partial charge >= 0.3 is 5.97 Å². The maximum atomic E-state index is 13.1. The minimum absolute atomic E-state index is 0. The van der Waals surface area contributed by atoms with Crippen molar-refractivity contribution in [1.82, 2.24) is 4.90 Å². The van der Waals surface area contributed by atoms with Crippen LogP contribution in [0.25, 0.3) is 0 Å². The Bertz CT molecular complexity index is 648. The zero-order valence-electron chi connectivity index (χ0n) is 12.8. The lowest BCUT2D eigenvalue weighted by molar-refractivity contribution is -0.159. The molecule has 1 aliphatic heterocycles. The van der Waals surface area contributed by atoms with Gasteiger partial charge in [0, 0.05) is 12.6 Å². The topological polar surface area (TPSA) is 29.5 Å². The third-order valence-electron chi connectivity index (χ3n) is 4.11. The normalized spacial score (nSPS) is 19.6. The fourth-order valence-electron chi connectivity index (χ4n) is 2.91. The summed E-state index contributed by atoms with van der Waals surface area (Å²) < 4.78 is 18.4. The number of hydrogen-bond acceptors (Lipinski definition) is 3. The minimum Gasteiger partial charge on any atom is -0.463 e. The summed E-state index contributed by atoms with van der Waals surface area (Å²) in [5.74, 6) is -0.587. The molecular formula is C18H19ClFNO2. The Morgan fingerprint density at radius 1 is 1.13 bits per heavy atom. The molecule has 5 heteroatoms. The van der Waals surface area contributed by atoms with Crippen LogP contribution in [-0.2, 0) is 9.53 Å². The number of rotatable bonds is 3. The lowest BCUT2D eigenvalue weighted by atomic mass is 9.99. The van der Waals surface area contributed by atoms with E-state index in [1.165, 1.54) is 12.1 Å². The van der Waals surface area contributed by atoms with Crippen molar-refractivity contribution in [1.29, 1.82) is 0 Å². The molecule has 0 aliphatic carbocycles. The van der Waals surface area contributed by atoms with E-state index < -0.39 is 6.04 Å². The molecule has 1 saturated heterocycles. The van der Waals surface area contributed by atoms with Gasteiger partial charge in [-0.25, -0.2) is 9.18 Å². The summed E-state index contributed by atoms with van der Waals surface area (Å²) in [6, 6.07) is 15.7. The predicted molar refractivity (Wildman–Crippen MR) is 88.9 cm³/mol. The van der Waals surface area contributed by atoms with E-state index in [2.05, 4.69) is 11.8 Å². The Hall–Kier alpha value is -1.91. The van der Waals surface area contributed by atoms with Crippen LogP contribution in [0, 0.1) is 5.82 Å². The first-order valence-electron chi connectivity index (χ1n) is 7.39. The number of nitrogens with zero attached hydrogens (tertiary/aromatic N) is 1. The number of carbonyl (C=O) groups excluding carboxylic acids is 1. The van der Waals surface area contributed by atoms with Crippen molar-refractivity contribution >= 4 is 18.4 Å². The maximum Gasteiger partial charge on any atom is 0.328 e. The molecule has 0 N–H and O–H groups in total. The molecule has 0 radical (unpaired) electrons. The largest absolute Gasteiger partial charge is 0.463 e. The molecule has 0 unspecified atom stereocenters. The maximum absolute atomic E-state index is 13.1. The molecule has 2 atom stereocenters. The van der Waals surface area contributed by atoms with Gasteiger partial charge in [0.1, 0.15) is 18.5 Å². The highest BCUT2D eigenvalue weighted by Crippen LogP contribution is 2.33. The second-order valence-corrected chi connectivity index (χ2v) is 5.45. The average molecular weight is 336 g/mol. The average Bonchev–Trinajstić information content (AvgIpc) is 2.56. The van der Waals surface area contributed by atoms with E-state index in [-0.39, 0.29) is 30.2 Å². The summed E-state index contributed by atoms with van der Waals surface area (Å²) in [4.78, 5) is 14.4. The number of benzene rings is 2. The smallest absolute Gasteiger partial charge is 0.328 e. The van der Waals surface area contributed by atoms with E-state index in [1.807, 2.05) is 30.3 Å². The standard InChI is InChI=1S/C18H18FNO2.ClH/c1-13(14-5-3-2-4-6-14)20-11-12-22-18(21)17(20)15-7-9-16(19)10-8-15;/h2-10,13,17H,11-12H2,1H3;1H/t13-,17-;/m0./s1. The van der Waals surface area contributed by atoms with Gasteiger partial charge in [-0.05, 0) is 30.2 Å². The molecule has 1 aliphatic rings. The van der Waals surface area contributed by atoms with E-state index in [0.29, 0.717) is 13.2 Å². The lowest BCUT2D eigenvalue weighted by Crippen LogP contribution is -2.44. The van der Waals surface area contributed by atoms with Crippen LogP contribution in [-0.4, -0.2) is 24.0 Å². The second-order valence-electron chi connectivity index (χ2n) is 5.45. The minimum atomic E-state index is -0.496. The number of hydrogen-bond donors (Lipinski definition) is 0. The van der Waals surface area contributed by atoms with Gasteiger partial charge in [-0.3, -0.25) is 4.90 Å². The van der Waals surface area contributed by atoms with Crippen LogP contribution in [0.15, 0.2) is 54.6 Å². The number of carbonyl (C=O) groups is 1. The number of cyclic esters (lactones) is 1. The fourth-order valence-corrected chi connectivity index (χ4v) is 2.91. The van der Waals surface area contributed by atoms with E-state index in [9.17, 15) is 9.18 Å². The summed E-state index contributed by atoms with van der Waals surface area (Å²) in [6.45, 7) is 3.11. The van der Waals surface area contributed by atoms with Gasteiger partial charge in [-0.2, -0.15) is 0 Å². The Morgan fingerprint density at radius 3 is 2.43 bits per heavy atom. The van der Waals surface area contributed by atoms with Gasteiger partial charge < -0.3 is 4.74 Å². The second kappa shape index (κ2) is 7.57. The quantitative estimate of drug-likeness (QED) is 0.796. The van der Waals surface area contributed by atoms with Crippen LogP contribution < -0.4 is 0 Å². The van der Waals surface area contributed by atoms with Gasteiger partial charge in [0.05, 0.1) is 0 Å². The first kappa shape index (κ1) is 17.4. The molecular weight excluding hydrogens is 317 g/mol. The molecule has 2 aromatic rings. The third kappa shape index (κ3) is 3.71. The number of halogens is 2. The van der Waals surface area contributed by atoms with Gasteiger partial charge in [0.15, 0.2) is 0 Å². The number of esters is 1. The SMILES string of the molecule is C[C@@H](c1ccccc1)N1CCOC(=O)[C@@H]1c1ccc(F)cc1.Cl. The van der Waals surface area contributed by atoms with Crippen molar-refractivity contribution < 1.29 is 13.9 Å². The molecule has 1 heterocycles. The molecule has 2 aromatic carbocycles. The van der Waals surface area contributed by atoms with Crippen LogP contribution in [0.3, 0.4) is 0 Å². The predicted octanol–water partition coefficient (Wildman–Crippen LogP) is 3.91. The lowest BCUT2D eigenvalue weighted by Gasteiger charge is -2.38. The summed E-state index contributed by atoms with van der Waals surface area (Å²) in [7, 11) is 0. The summed E-state index contributed by atoms with van der Waals surface area (Å²) in [5, 5.41) is 0. The first-order valence-corrected chi connectivity index (χ1v) is 7.39. The Kier molecular flexibility index (Phi) is 5.74. The summed E-state index contributed by atoms with van der Waals surface area (Å²) >= 11 is 0. The van der Waals surface area contributed by atoms with Crippen molar-refractivity contribution in [3.63, 3.8) is 0 Å². The van der Waals surface area contributed by atoms with Crippen LogP contribution in [0.4, 0.5) is 4.39 Å². The van der Waals surface area contributed by atoms with E-state index in [4.69, 9.17) is 4.74 Å². The van der Waals surface area contributed by atoms with Gasteiger partial charge in [-0.15, -0.1) is 12.4 Å². The molecule has 23 heavy (non-hydrogen) atoms. The molecule has 0 bridgehead atoms. The van der Waals surface area contributed by atoms with Crippen LogP contribution >= 0.6 is 12.4 Å². The zero-order valence-corrected chi connectivity index (χ0v) is 13.6. The molecule has 3 rings (SSSR count). The molecule has 0 spiro atoms. The Balaban J connectivity index is 0.00000192. The molecule has 122 valence electrons. The first-order chi connectivity index (χ1) is 10.7. The number of morpholine rings is 1. The van der Waals surface area contributed by atoms with Crippen molar-refractivity contribution in [2.75, 3.05) is 13.2 Å². The van der Waals surface area contributed by atoms with Gasteiger partial charge in [0.25, 0.3) is 0 Å². The monoisotopic (exact) mass is 335 g/mol. The molecule has 1 fully saturated rings. The highest BCUT2D eigenvalue weighted by Gasteiger charge is 2.36. The van der Waals surface area contributed by atoms with E-state index in [0.717, 1.165) is 11.1 Å². The zero-order chi connectivity index (χ0) is 15.5. The Labute approximate surface area is 141 Å². The van der Waals surface area contributed by atoms with Crippen LogP contribution in [0.2, 0.25) is 0 Å². The van der Waals surface area contributed by atoms with Gasteiger partial charge in [0.2, 0.25) is 0 Å². The van der Waals surface area contributed by atoms with E-state index in [1.54, 1.807) is 12.1 Å². The van der Waals surface area contributed by atoms with Gasteiger partial charge in [-0.1, -0.05) is 42.5 Å². The fraction of sp³-hybridized carbons (Fsp3) is 0.278. The van der Waals surface area contributed by atoms with Crippen LogP contribution in [0.1, 0.15) is 30.1 Å². The van der Waals surface area contributed by atoms with E-state index >= 15 is 0 Å². The van der Waals surface area contributed by atoms with Crippen molar-refractivity contribution in [3.8, 4) is 0 Å². The summed E-state index contributed by atoms with van der Waals surface area (Å²) in [6.07, 6.45) is 0. The molecule has 3 nitrogen and oxygen atoms in total. The van der Waals surface area contributed by atoms with Crippen LogP contribution in [0.5, 0.6) is 0 Å².